The molecule has 2 bridgehead atoms. The van der Waals surface area contributed by atoms with Gasteiger partial charge in [0.05, 0.1) is 33.8 Å². The zero-order valence-corrected chi connectivity index (χ0v) is 24.7. The molecule has 2 unspecified atom stereocenters. The molecule has 12 nitrogen and oxygen atoms in total. The average molecular weight is 620 g/mol. The van der Waals surface area contributed by atoms with Crippen LogP contribution in [0.1, 0.15) is 44.8 Å². The molecule has 0 spiro atoms. The number of amides is 2. The summed E-state index contributed by atoms with van der Waals surface area (Å²) in [5.41, 5.74) is 9.43. The number of pyridine rings is 1. The number of allylic oxidation sites excluding steroid dienone is 1. The Morgan fingerprint density at radius 1 is 1.20 bits per heavy atom. The minimum absolute atomic E-state index is 0.0347. The number of hydrogen-bond acceptors (Lipinski definition) is 10. The maximum absolute atomic E-state index is 14.6. The minimum Gasteiger partial charge on any atom is -0.411 e. The van der Waals surface area contributed by atoms with Crippen LogP contribution in [0.15, 0.2) is 76.9 Å². The zero-order valence-electron chi connectivity index (χ0n) is 24.0. The van der Waals surface area contributed by atoms with E-state index >= 15 is 0 Å². The number of hydrogen-bond donors (Lipinski definition) is 5. The molecule has 5 rings (SSSR count). The van der Waals surface area contributed by atoms with Crippen LogP contribution in [0.25, 0.3) is 11.1 Å². The number of benzene rings is 2. The molecule has 2 amide bonds. The molecule has 0 saturated carbocycles. The van der Waals surface area contributed by atoms with Gasteiger partial charge in [0.15, 0.2) is 5.82 Å². The summed E-state index contributed by atoms with van der Waals surface area (Å²) in [5.74, 6) is 4.32. The summed E-state index contributed by atoms with van der Waals surface area (Å²) in [7, 11) is 0. The number of carbonyl (C=O) groups is 2. The van der Waals surface area contributed by atoms with Crippen molar-refractivity contribution in [2.24, 2.45) is 17.5 Å². The van der Waals surface area contributed by atoms with Gasteiger partial charge >= 0.3 is 6.01 Å². The number of nitrogens with one attached hydrogen (secondary N) is 3. The van der Waals surface area contributed by atoms with Gasteiger partial charge in [0.1, 0.15) is 5.70 Å². The van der Waals surface area contributed by atoms with E-state index in [1.807, 2.05) is 31.2 Å². The Kier molecular flexibility index (Phi) is 9.07. The molecule has 228 valence electrons. The van der Waals surface area contributed by atoms with Crippen LogP contribution in [0, 0.1) is 11.7 Å². The molecule has 2 atom stereocenters. The van der Waals surface area contributed by atoms with Crippen molar-refractivity contribution in [3.8, 4) is 11.1 Å². The molecule has 3 heterocycles. The number of nitrogens with zero attached hydrogens (tertiary/aromatic N) is 4. The Morgan fingerprint density at radius 3 is 2.80 bits per heavy atom. The van der Waals surface area contributed by atoms with Gasteiger partial charge in [-0.25, -0.2) is 10.2 Å². The summed E-state index contributed by atoms with van der Waals surface area (Å²) < 4.78 is 19.8. The topological polar surface area (TPSA) is 177 Å². The molecule has 0 aliphatic carbocycles. The number of rotatable bonds is 6. The van der Waals surface area contributed by atoms with E-state index < -0.39 is 17.8 Å². The number of anilines is 4. The standard InChI is InChI=1S/C30H31ClFN9O3/c1-16-5-3-7-22(38-29(43)27(33)17(2)41(34)25-8-4-6-21(31)26(25)32)24-13-18(11-12-35-24)20-10-9-19(14-23(20)39-28(16)42)37-30-40-36-15-44-30/h4,6,8-16,22H,3,5,7,33-34H2,1-2H3,(H,37,40)(H,38,43)(H,39,42)/b27-17-. The lowest BCUT2D eigenvalue weighted by Crippen LogP contribution is -2.38. The normalized spacial score (nSPS) is 17.2. The Bertz CT molecular complexity index is 1710. The monoisotopic (exact) mass is 619 g/mol. The van der Waals surface area contributed by atoms with E-state index in [2.05, 4.69) is 31.1 Å². The van der Waals surface area contributed by atoms with Gasteiger partial charge in [0, 0.05) is 23.4 Å². The van der Waals surface area contributed by atoms with Crippen LogP contribution >= 0.6 is 11.6 Å². The maximum Gasteiger partial charge on any atom is 0.319 e. The first-order chi connectivity index (χ1) is 21.1. The van der Waals surface area contributed by atoms with Crippen molar-refractivity contribution in [2.45, 2.75) is 39.2 Å². The Hall–Kier alpha value is -5.01. The number of halogens is 2. The molecule has 2 aromatic heterocycles. The quantitative estimate of drug-likeness (QED) is 0.110. The van der Waals surface area contributed by atoms with Crippen LogP contribution in [0.5, 0.6) is 0 Å². The lowest BCUT2D eigenvalue weighted by molar-refractivity contribution is -0.120. The summed E-state index contributed by atoms with van der Waals surface area (Å²) >= 11 is 5.90. The van der Waals surface area contributed by atoms with Crippen molar-refractivity contribution in [3.63, 3.8) is 0 Å². The molecule has 4 aromatic rings. The number of aromatic nitrogens is 3. The van der Waals surface area contributed by atoms with E-state index in [-0.39, 0.29) is 39.9 Å². The minimum atomic E-state index is -0.736. The smallest absolute Gasteiger partial charge is 0.319 e. The largest absolute Gasteiger partial charge is 0.411 e. The van der Waals surface area contributed by atoms with Crippen LogP contribution in [0.3, 0.4) is 0 Å². The van der Waals surface area contributed by atoms with Crippen molar-refractivity contribution >= 4 is 46.5 Å². The van der Waals surface area contributed by atoms with Gasteiger partial charge < -0.3 is 26.1 Å². The third kappa shape index (κ3) is 6.63. The molecule has 0 radical (unpaired) electrons. The second-order valence-electron chi connectivity index (χ2n) is 10.4. The second-order valence-corrected chi connectivity index (χ2v) is 10.8. The predicted octanol–water partition coefficient (Wildman–Crippen LogP) is 5.15. The highest BCUT2D eigenvalue weighted by Crippen LogP contribution is 2.34. The van der Waals surface area contributed by atoms with Crippen LogP contribution < -0.4 is 32.5 Å². The first kappa shape index (κ1) is 30.4. The van der Waals surface area contributed by atoms with E-state index in [4.69, 9.17) is 27.6 Å². The molecular weight excluding hydrogens is 589 g/mol. The molecule has 0 saturated heterocycles. The SMILES string of the molecule is C/C(=C(/N)C(=O)NC1CCCC(C)C(=O)Nc2cc(Nc3nnco3)ccc2-c2ccnc1c2)N(N)c1cccc(Cl)c1F. The number of fused-ring (bicyclic) bond motifs is 4. The van der Waals surface area contributed by atoms with Crippen molar-refractivity contribution in [2.75, 3.05) is 15.6 Å². The Morgan fingerprint density at radius 2 is 2.02 bits per heavy atom. The lowest BCUT2D eigenvalue weighted by atomic mass is 9.95. The van der Waals surface area contributed by atoms with E-state index in [1.54, 1.807) is 12.3 Å². The molecule has 14 heteroatoms. The highest BCUT2D eigenvalue weighted by atomic mass is 35.5. The molecule has 0 fully saturated rings. The van der Waals surface area contributed by atoms with Crippen molar-refractivity contribution < 1.29 is 18.4 Å². The second kappa shape index (κ2) is 13.1. The first-order valence-corrected chi connectivity index (χ1v) is 14.2. The first-order valence-electron chi connectivity index (χ1n) is 13.8. The third-order valence-corrected chi connectivity index (χ3v) is 7.70. The molecule has 2 aromatic carbocycles. The van der Waals surface area contributed by atoms with Crippen LogP contribution in [-0.2, 0) is 9.59 Å². The highest BCUT2D eigenvalue weighted by molar-refractivity contribution is 6.31. The van der Waals surface area contributed by atoms with Gasteiger partial charge in [-0.15, -0.1) is 5.10 Å². The fourth-order valence-corrected chi connectivity index (χ4v) is 5.00. The summed E-state index contributed by atoms with van der Waals surface area (Å²) in [6, 6.07) is 13.2. The van der Waals surface area contributed by atoms with Crippen LogP contribution in [0.4, 0.5) is 27.5 Å². The van der Waals surface area contributed by atoms with E-state index in [0.29, 0.717) is 36.3 Å². The van der Waals surface area contributed by atoms with E-state index in [1.165, 1.54) is 31.5 Å². The molecule has 44 heavy (non-hydrogen) atoms. The van der Waals surface area contributed by atoms with Gasteiger partial charge in [-0.1, -0.05) is 42.2 Å². The molecular formula is C30H31ClFN9O3. The van der Waals surface area contributed by atoms with E-state index in [0.717, 1.165) is 16.1 Å². The molecule has 1 aliphatic rings. The fourth-order valence-electron chi connectivity index (χ4n) is 4.83. The maximum atomic E-state index is 14.6. The summed E-state index contributed by atoms with van der Waals surface area (Å²) in [6.45, 7) is 3.36. The predicted molar refractivity (Wildman–Crippen MR) is 165 cm³/mol. The number of nitrogens with two attached hydrogens (primary N) is 2. The third-order valence-electron chi connectivity index (χ3n) is 7.41. The van der Waals surface area contributed by atoms with Gasteiger partial charge in [-0.3, -0.25) is 19.6 Å². The highest BCUT2D eigenvalue weighted by Gasteiger charge is 2.24. The van der Waals surface area contributed by atoms with Gasteiger partial charge in [-0.05, 0) is 61.7 Å². The van der Waals surface area contributed by atoms with Crippen molar-refractivity contribution in [1.29, 1.82) is 0 Å². The van der Waals surface area contributed by atoms with Crippen LogP contribution in [0.2, 0.25) is 5.02 Å². The zero-order chi connectivity index (χ0) is 31.4. The van der Waals surface area contributed by atoms with Crippen molar-refractivity contribution in [3.05, 3.63) is 89.0 Å². The summed E-state index contributed by atoms with van der Waals surface area (Å²) in [4.78, 5) is 31.1. The Labute approximate surface area is 257 Å². The van der Waals surface area contributed by atoms with Gasteiger partial charge in [0.25, 0.3) is 5.91 Å². The Balaban J connectivity index is 1.46. The molecule has 7 N–H and O–H groups in total. The number of carbonyl (C=O) groups excluding carboxylic acids is 2. The van der Waals surface area contributed by atoms with Gasteiger partial charge in [-0.2, -0.15) is 0 Å². The molecule has 1 aliphatic heterocycles. The van der Waals surface area contributed by atoms with E-state index in [9.17, 15) is 14.0 Å². The fraction of sp³-hybridized carbons (Fsp3) is 0.233. The number of hydrazine groups is 1. The van der Waals surface area contributed by atoms with Gasteiger partial charge in [0.2, 0.25) is 12.3 Å². The summed E-state index contributed by atoms with van der Waals surface area (Å²) in [5, 5.41) is 17.4. The van der Waals surface area contributed by atoms with Crippen molar-refractivity contribution in [1.82, 2.24) is 20.5 Å². The van der Waals surface area contributed by atoms with Crippen LogP contribution in [-0.4, -0.2) is 27.0 Å². The summed E-state index contributed by atoms with van der Waals surface area (Å²) in [6.07, 6.45) is 4.51. The average Bonchev–Trinajstić information content (AvgIpc) is 3.53. The lowest BCUT2D eigenvalue weighted by Gasteiger charge is -2.24.